The number of aryl methyl sites for hydroxylation is 1. The fourth-order valence-corrected chi connectivity index (χ4v) is 5.25. The summed E-state index contributed by atoms with van der Waals surface area (Å²) in [7, 11) is 1.55. The largest absolute Gasteiger partial charge is 0.497 e. The summed E-state index contributed by atoms with van der Waals surface area (Å²) in [6.45, 7) is 0. The maximum Gasteiger partial charge on any atom is 0.274 e. The van der Waals surface area contributed by atoms with Crippen LogP contribution in [0.5, 0.6) is 5.75 Å². The average molecular weight is 465 g/mol. The number of carbonyl (C=O) groups excluding carboxylic acids is 2. The first-order chi connectivity index (χ1) is 15.6. The van der Waals surface area contributed by atoms with Crippen LogP contribution in [-0.4, -0.2) is 23.8 Å². The Hall–Kier alpha value is -3.48. The first kappa shape index (κ1) is 21.7. The number of nitrogens with zero attached hydrogens (tertiary/aromatic N) is 2. The molecule has 1 aliphatic carbocycles. The third kappa shape index (κ3) is 4.72. The number of fused-ring (bicyclic) bond motifs is 1. The summed E-state index contributed by atoms with van der Waals surface area (Å²) in [6.07, 6.45) is 6.74. The molecule has 0 fully saturated rings. The first-order valence-corrected chi connectivity index (χ1v) is 11.7. The number of ketones is 1. The van der Waals surface area contributed by atoms with E-state index in [0.29, 0.717) is 27.0 Å². The molecule has 7 nitrogen and oxygen atoms in total. The Balaban J connectivity index is 1.67. The lowest BCUT2D eigenvalue weighted by atomic mass is 9.96. The average Bonchev–Trinajstić information content (AvgIpc) is 3.45. The van der Waals surface area contributed by atoms with E-state index in [1.165, 1.54) is 28.7 Å². The van der Waals surface area contributed by atoms with Gasteiger partial charge in [-0.3, -0.25) is 14.9 Å². The minimum Gasteiger partial charge on any atom is -0.497 e. The number of nitriles is 1. The number of hydrogen-bond acceptors (Lipinski definition) is 8. The molecule has 0 spiro atoms. The molecule has 162 valence electrons. The maximum absolute atomic E-state index is 13.0. The minimum atomic E-state index is -0.503. The lowest BCUT2D eigenvalue weighted by Crippen LogP contribution is -2.21. The van der Waals surface area contributed by atoms with Crippen LogP contribution < -0.4 is 15.4 Å². The molecule has 2 aromatic heterocycles. The molecule has 0 unspecified atom stereocenters. The van der Waals surface area contributed by atoms with Crippen LogP contribution in [0.25, 0.3) is 0 Å². The molecule has 0 saturated carbocycles. The summed E-state index contributed by atoms with van der Waals surface area (Å²) in [5, 5.41) is 18.3. The van der Waals surface area contributed by atoms with Crippen LogP contribution in [0, 0.1) is 11.3 Å². The molecule has 0 bridgehead atoms. The van der Waals surface area contributed by atoms with Crippen LogP contribution in [0.2, 0.25) is 0 Å². The zero-order valence-corrected chi connectivity index (χ0v) is 18.9. The van der Waals surface area contributed by atoms with Gasteiger partial charge in [0.25, 0.3) is 5.91 Å². The van der Waals surface area contributed by atoms with Crippen LogP contribution in [0.3, 0.4) is 0 Å². The number of methoxy groups -OCH3 is 1. The summed E-state index contributed by atoms with van der Waals surface area (Å²) < 4.78 is 5.13. The third-order valence-corrected chi connectivity index (χ3v) is 6.97. The number of allylic oxidation sites excluding steroid dienone is 1. The minimum absolute atomic E-state index is 0.0520. The van der Waals surface area contributed by atoms with Crippen molar-refractivity contribution < 1.29 is 14.3 Å². The Morgan fingerprint density at radius 3 is 2.66 bits per heavy atom. The number of nitrogens with one attached hydrogen (secondary N) is 2. The fraction of sp³-hybridized carbons (Fsp3) is 0.217. The van der Waals surface area contributed by atoms with Gasteiger partial charge in [-0.1, -0.05) is 0 Å². The van der Waals surface area contributed by atoms with Gasteiger partial charge >= 0.3 is 0 Å². The second-order valence-corrected chi connectivity index (χ2v) is 9.09. The highest BCUT2D eigenvalue weighted by atomic mass is 32.1. The molecular weight excluding hydrogens is 444 g/mol. The summed E-state index contributed by atoms with van der Waals surface area (Å²) in [6, 6.07) is 8.92. The molecule has 0 saturated heterocycles. The van der Waals surface area contributed by atoms with Crippen LogP contribution in [0.4, 0.5) is 10.1 Å². The van der Waals surface area contributed by atoms with E-state index in [1.807, 2.05) is 0 Å². The number of hydrogen-bond donors (Lipinski definition) is 2. The maximum atomic E-state index is 13.0. The van der Waals surface area contributed by atoms with Gasteiger partial charge in [-0.2, -0.15) is 5.26 Å². The SMILES string of the molecule is COc1ccc(C(=O)C=C(Nc2sc3c(c2C#N)CCCC3)C(=O)Nc2nccs2)cc1. The van der Waals surface area contributed by atoms with E-state index in [4.69, 9.17) is 4.74 Å². The molecule has 32 heavy (non-hydrogen) atoms. The van der Waals surface area contributed by atoms with E-state index in [0.717, 1.165) is 36.1 Å². The number of aromatic nitrogens is 1. The van der Waals surface area contributed by atoms with E-state index in [9.17, 15) is 14.9 Å². The number of thiophene rings is 1. The molecule has 2 heterocycles. The molecule has 4 rings (SSSR count). The number of benzene rings is 1. The van der Waals surface area contributed by atoms with Crippen molar-refractivity contribution in [3.63, 3.8) is 0 Å². The molecule has 0 aliphatic heterocycles. The predicted molar refractivity (Wildman–Crippen MR) is 125 cm³/mol. The summed E-state index contributed by atoms with van der Waals surface area (Å²) in [4.78, 5) is 31.1. The van der Waals surface area contributed by atoms with Gasteiger partial charge in [-0.25, -0.2) is 4.98 Å². The molecule has 2 N–H and O–H groups in total. The van der Waals surface area contributed by atoms with Crippen molar-refractivity contribution in [1.29, 1.82) is 5.26 Å². The van der Waals surface area contributed by atoms with Gasteiger partial charge in [0.15, 0.2) is 10.9 Å². The first-order valence-electron chi connectivity index (χ1n) is 10.0. The molecule has 1 aliphatic rings. The Morgan fingerprint density at radius 2 is 1.97 bits per heavy atom. The summed E-state index contributed by atoms with van der Waals surface area (Å²) in [5.41, 5.74) is 2.07. The van der Waals surface area contributed by atoms with Crippen molar-refractivity contribution in [2.75, 3.05) is 17.7 Å². The summed E-state index contributed by atoms with van der Waals surface area (Å²) >= 11 is 2.75. The summed E-state index contributed by atoms with van der Waals surface area (Å²) in [5.74, 6) is -0.213. The van der Waals surface area contributed by atoms with Crippen LogP contribution >= 0.6 is 22.7 Å². The van der Waals surface area contributed by atoms with Crippen LogP contribution in [0.15, 0.2) is 47.6 Å². The lowest BCUT2D eigenvalue weighted by Gasteiger charge is -2.10. The highest BCUT2D eigenvalue weighted by molar-refractivity contribution is 7.16. The molecule has 0 atom stereocenters. The Morgan fingerprint density at radius 1 is 1.19 bits per heavy atom. The molecule has 1 amide bonds. The third-order valence-electron chi connectivity index (χ3n) is 5.08. The van der Waals surface area contributed by atoms with Gasteiger partial charge in [-0.05, 0) is 55.5 Å². The van der Waals surface area contributed by atoms with Gasteiger partial charge in [0.05, 0.1) is 12.7 Å². The zero-order chi connectivity index (χ0) is 22.5. The van der Waals surface area contributed by atoms with Crippen molar-refractivity contribution in [2.45, 2.75) is 25.7 Å². The monoisotopic (exact) mass is 464 g/mol. The lowest BCUT2D eigenvalue weighted by molar-refractivity contribution is -0.112. The van der Waals surface area contributed by atoms with E-state index in [2.05, 4.69) is 21.7 Å². The van der Waals surface area contributed by atoms with Crippen molar-refractivity contribution in [3.8, 4) is 11.8 Å². The number of anilines is 2. The predicted octanol–water partition coefficient (Wildman–Crippen LogP) is 4.78. The Bertz CT molecular complexity index is 1210. The number of ether oxygens (including phenoxy) is 1. The van der Waals surface area contributed by atoms with Gasteiger partial charge in [-0.15, -0.1) is 22.7 Å². The van der Waals surface area contributed by atoms with Crippen LogP contribution in [0.1, 0.15) is 39.2 Å². The molecule has 1 aromatic carbocycles. The number of rotatable bonds is 7. The van der Waals surface area contributed by atoms with E-state index in [-0.39, 0.29) is 11.5 Å². The van der Waals surface area contributed by atoms with Crippen molar-refractivity contribution in [2.24, 2.45) is 0 Å². The fourth-order valence-electron chi connectivity index (χ4n) is 3.47. The second kappa shape index (κ2) is 9.77. The van der Waals surface area contributed by atoms with Crippen molar-refractivity contribution in [1.82, 2.24) is 4.98 Å². The standard InChI is InChI=1S/C23H20N4O3S2/c1-30-15-8-6-14(7-9-15)19(28)12-18(21(29)27-23-25-10-11-31-23)26-22-17(13-24)16-4-2-3-5-20(16)32-22/h6-12,26H,2-5H2,1H3,(H,25,27,29). The topological polar surface area (TPSA) is 104 Å². The van der Waals surface area contributed by atoms with Gasteiger partial charge in [0.2, 0.25) is 0 Å². The van der Waals surface area contributed by atoms with Crippen molar-refractivity contribution >= 4 is 44.5 Å². The zero-order valence-electron chi connectivity index (χ0n) is 17.3. The number of amides is 1. The second-order valence-electron chi connectivity index (χ2n) is 7.09. The Labute approximate surface area is 193 Å². The van der Waals surface area contributed by atoms with Gasteiger partial charge in [0, 0.05) is 28.1 Å². The van der Waals surface area contributed by atoms with Gasteiger partial charge in [0.1, 0.15) is 22.5 Å². The normalized spacial score (nSPS) is 13.1. The Kier molecular flexibility index (Phi) is 6.63. The smallest absolute Gasteiger partial charge is 0.274 e. The molecule has 0 radical (unpaired) electrons. The van der Waals surface area contributed by atoms with Crippen LogP contribution in [-0.2, 0) is 17.6 Å². The molecule has 9 heteroatoms. The van der Waals surface area contributed by atoms with E-state index < -0.39 is 5.91 Å². The molecule has 3 aromatic rings. The quantitative estimate of drug-likeness (QED) is 0.385. The molecular formula is C23H20N4O3S2. The van der Waals surface area contributed by atoms with Gasteiger partial charge < -0.3 is 10.1 Å². The van der Waals surface area contributed by atoms with E-state index >= 15 is 0 Å². The number of thiazole rings is 1. The number of carbonyl (C=O) groups is 2. The highest BCUT2D eigenvalue weighted by Crippen LogP contribution is 2.38. The highest BCUT2D eigenvalue weighted by Gasteiger charge is 2.23. The van der Waals surface area contributed by atoms with Crippen molar-refractivity contribution in [3.05, 3.63) is 69.2 Å². The van der Waals surface area contributed by atoms with E-state index in [1.54, 1.807) is 43.0 Å².